The van der Waals surface area contributed by atoms with Crippen molar-refractivity contribution in [2.24, 2.45) is 0 Å². The second-order valence-electron chi connectivity index (χ2n) is 6.16. The molecule has 2 aromatic carbocycles. The van der Waals surface area contributed by atoms with Crippen LogP contribution in [0.3, 0.4) is 0 Å². The lowest BCUT2D eigenvalue weighted by molar-refractivity contribution is -0.117. The van der Waals surface area contributed by atoms with Crippen LogP contribution in [0.1, 0.15) is 18.4 Å². The number of benzene rings is 2. The van der Waals surface area contributed by atoms with Crippen LogP contribution < -0.4 is 19.1 Å². The van der Waals surface area contributed by atoms with E-state index in [9.17, 15) is 13.2 Å². The highest BCUT2D eigenvalue weighted by molar-refractivity contribution is 7.89. The molecular weight excluding hydrogens is 368 g/mol. The Kier molecular flexibility index (Phi) is 5.67. The molecule has 1 saturated heterocycles. The molecule has 1 aliphatic rings. The first-order valence-electron chi connectivity index (χ1n) is 8.55. The number of carbonyl (C=O) groups is 1. The van der Waals surface area contributed by atoms with Gasteiger partial charge in [0, 0.05) is 31.3 Å². The molecule has 1 N–H and O–H groups in total. The summed E-state index contributed by atoms with van der Waals surface area (Å²) in [7, 11) is -0.929. The third-order valence-corrected chi connectivity index (χ3v) is 5.84. The molecule has 0 radical (unpaired) electrons. The minimum Gasteiger partial charge on any atom is -0.497 e. The van der Waals surface area contributed by atoms with Crippen molar-refractivity contribution in [3.63, 3.8) is 0 Å². The molecule has 2 aromatic rings. The molecule has 0 aliphatic carbocycles. The monoisotopic (exact) mass is 390 g/mol. The number of hydrogen-bond acceptors (Lipinski definition) is 5. The number of amides is 1. The highest BCUT2D eigenvalue weighted by Crippen LogP contribution is 2.28. The first-order chi connectivity index (χ1) is 12.9. The van der Waals surface area contributed by atoms with Crippen molar-refractivity contribution in [2.45, 2.75) is 24.3 Å². The summed E-state index contributed by atoms with van der Waals surface area (Å²) >= 11 is 0. The zero-order valence-corrected chi connectivity index (χ0v) is 16.1. The SMILES string of the molecule is COc1ccc(OC)c(S(=O)(=O)NCc2cccc(N3CCCC3=O)c2)c1. The predicted octanol–water partition coefficient (Wildman–Crippen LogP) is 2.31. The molecule has 7 nitrogen and oxygen atoms in total. The molecule has 1 fully saturated rings. The Bertz CT molecular complexity index is 943. The molecule has 1 amide bonds. The molecule has 27 heavy (non-hydrogen) atoms. The summed E-state index contributed by atoms with van der Waals surface area (Å²) < 4.78 is 38.3. The molecule has 8 heteroatoms. The minimum absolute atomic E-state index is 0.00947. The molecule has 1 aliphatic heterocycles. The summed E-state index contributed by atoms with van der Waals surface area (Å²) in [5.74, 6) is 0.749. The zero-order chi connectivity index (χ0) is 19.4. The van der Waals surface area contributed by atoms with Gasteiger partial charge in [0.25, 0.3) is 0 Å². The third-order valence-electron chi connectivity index (χ3n) is 4.42. The van der Waals surface area contributed by atoms with Crippen molar-refractivity contribution in [3.05, 3.63) is 48.0 Å². The van der Waals surface area contributed by atoms with Gasteiger partial charge < -0.3 is 14.4 Å². The molecule has 144 valence electrons. The molecule has 0 bridgehead atoms. The molecule has 0 spiro atoms. The fourth-order valence-corrected chi connectivity index (χ4v) is 4.21. The Hall–Kier alpha value is -2.58. The van der Waals surface area contributed by atoms with Crippen LogP contribution in [0.4, 0.5) is 5.69 Å². The Labute approximate surface area is 158 Å². The summed E-state index contributed by atoms with van der Waals surface area (Å²) in [6, 6.07) is 11.9. The van der Waals surface area contributed by atoms with Gasteiger partial charge in [-0.2, -0.15) is 0 Å². The number of methoxy groups -OCH3 is 2. The van der Waals surface area contributed by atoms with Gasteiger partial charge in [0.2, 0.25) is 15.9 Å². The lowest BCUT2D eigenvalue weighted by Gasteiger charge is -2.17. The van der Waals surface area contributed by atoms with E-state index in [0.717, 1.165) is 17.7 Å². The number of anilines is 1. The fraction of sp³-hybridized carbons (Fsp3) is 0.316. The molecule has 1 heterocycles. The summed E-state index contributed by atoms with van der Waals surface area (Å²) in [5, 5.41) is 0. The van der Waals surface area contributed by atoms with E-state index in [1.54, 1.807) is 17.0 Å². The van der Waals surface area contributed by atoms with E-state index in [0.29, 0.717) is 18.7 Å². The molecule has 0 saturated carbocycles. The number of hydrogen-bond donors (Lipinski definition) is 1. The maximum Gasteiger partial charge on any atom is 0.244 e. The van der Waals surface area contributed by atoms with E-state index in [1.807, 2.05) is 24.3 Å². The zero-order valence-electron chi connectivity index (χ0n) is 15.3. The van der Waals surface area contributed by atoms with Gasteiger partial charge in [0.1, 0.15) is 16.4 Å². The Balaban J connectivity index is 1.79. The van der Waals surface area contributed by atoms with Crippen molar-refractivity contribution in [1.82, 2.24) is 4.72 Å². The number of ether oxygens (including phenoxy) is 2. The van der Waals surface area contributed by atoms with Crippen molar-refractivity contribution < 1.29 is 22.7 Å². The molecular formula is C19H22N2O5S. The van der Waals surface area contributed by atoms with Gasteiger partial charge in [0.05, 0.1) is 14.2 Å². The first kappa shape index (κ1) is 19.2. The second-order valence-corrected chi connectivity index (χ2v) is 7.90. The van der Waals surface area contributed by atoms with E-state index >= 15 is 0 Å². The van der Waals surface area contributed by atoms with Gasteiger partial charge >= 0.3 is 0 Å². The van der Waals surface area contributed by atoms with Crippen LogP contribution in [0.25, 0.3) is 0 Å². The van der Waals surface area contributed by atoms with Crippen LogP contribution in [0.15, 0.2) is 47.4 Å². The van der Waals surface area contributed by atoms with Crippen LogP contribution in [0.2, 0.25) is 0 Å². The number of nitrogens with zero attached hydrogens (tertiary/aromatic N) is 1. The quantitative estimate of drug-likeness (QED) is 0.784. The van der Waals surface area contributed by atoms with E-state index in [-0.39, 0.29) is 23.1 Å². The van der Waals surface area contributed by atoms with Crippen LogP contribution in [-0.2, 0) is 21.4 Å². The van der Waals surface area contributed by atoms with E-state index in [2.05, 4.69) is 4.72 Å². The van der Waals surface area contributed by atoms with Crippen LogP contribution in [-0.4, -0.2) is 35.1 Å². The largest absolute Gasteiger partial charge is 0.497 e. The van der Waals surface area contributed by atoms with Gasteiger partial charge in [-0.3, -0.25) is 4.79 Å². The standard InChI is InChI=1S/C19H22N2O5S/c1-25-16-8-9-17(26-2)18(12-16)27(23,24)20-13-14-5-3-6-15(11-14)21-10-4-7-19(21)22/h3,5-6,8-9,11-12,20H,4,7,10,13H2,1-2H3. The Morgan fingerprint density at radius 1 is 1.11 bits per heavy atom. The fourth-order valence-electron chi connectivity index (χ4n) is 3.01. The third kappa shape index (κ3) is 4.23. The maximum absolute atomic E-state index is 12.7. The predicted molar refractivity (Wildman–Crippen MR) is 102 cm³/mol. The van der Waals surface area contributed by atoms with E-state index < -0.39 is 10.0 Å². The van der Waals surface area contributed by atoms with Gasteiger partial charge in [-0.05, 0) is 36.2 Å². The van der Waals surface area contributed by atoms with Crippen LogP contribution in [0, 0.1) is 0 Å². The number of carbonyl (C=O) groups excluding carboxylic acids is 1. The highest BCUT2D eigenvalue weighted by atomic mass is 32.2. The Morgan fingerprint density at radius 3 is 2.59 bits per heavy atom. The molecule has 0 unspecified atom stereocenters. The summed E-state index contributed by atoms with van der Waals surface area (Å²) in [4.78, 5) is 13.6. The Morgan fingerprint density at radius 2 is 1.93 bits per heavy atom. The molecule has 0 aromatic heterocycles. The van der Waals surface area contributed by atoms with E-state index in [4.69, 9.17) is 9.47 Å². The number of rotatable bonds is 7. The average Bonchev–Trinajstić information content (AvgIpc) is 3.12. The minimum atomic E-state index is -3.81. The topological polar surface area (TPSA) is 84.9 Å². The molecule has 0 atom stereocenters. The van der Waals surface area contributed by atoms with E-state index in [1.165, 1.54) is 20.3 Å². The lowest BCUT2D eigenvalue weighted by atomic mass is 10.2. The van der Waals surface area contributed by atoms with Crippen LogP contribution >= 0.6 is 0 Å². The van der Waals surface area contributed by atoms with Crippen molar-refractivity contribution in [3.8, 4) is 11.5 Å². The lowest BCUT2D eigenvalue weighted by Crippen LogP contribution is -2.25. The van der Waals surface area contributed by atoms with Gasteiger partial charge in [-0.15, -0.1) is 0 Å². The summed E-state index contributed by atoms with van der Waals surface area (Å²) in [5.41, 5.74) is 1.55. The van der Waals surface area contributed by atoms with Gasteiger partial charge in [0.15, 0.2) is 0 Å². The van der Waals surface area contributed by atoms with Crippen molar-refractivity contribution >= 4 is 21.6 Å². The van der Waals surface area contributed by atoms with Crippen molar-refractivity contribution in [2.75, 3.05) is 25.7 Å². The van der Waals surface area contributed by atoms with Crippen molar-refractivity contribution in [1.29, 1.82) is 0 Å². The summed E-state index contributed by atoms with van der Waals surface area (Å²) in [6.45, 7) is 0.785. The average molecular weight is 390 g/mol. The molecule has 3 rings (SSSR count). The van der Waals surface area contributed by atoms with Crippen LogP contribution in [0.5, 0.6) is 11.5 Å². The normalized spacial score (nSPS) is 14.4. The second kappa shape index (κ2) is 7.98. The first-order valence-corrected chi connectivity index (χ1v) is 10.0. The number of sulfonamides is 1. The van der Waals surface area contributed by atoms with Gasteiger partial charge in [-0.1, -0.05) is 12.1 Å². The highest BCUT2D eigenvalue weighted by Gasteiger charge is 2.23. The smallest absolute Gasteiger partial charge is 0.244 e. The summed E-state index contributed by atoms with van der Waals surface area (Å²) in [6.07, 6.45) is 1.39. The number of nitrogens with one attached hydrogen (secondary N) is 1. The van der Waals surface area contributed by atoms with Gasteiger partial charge in [-0.25, -0.2) is 13.1 Å². The maximum atomic E-state index is 12.7.